The van der Waals surface area contributed by atoms with Crippen LogP contribution in [0.15, 0.2) is 41.3 Å². The number of carbonyl (C=O) groups is 2. The SMILES string of the molecule is CC(=O)Nc1ccc(S(=O)(=O)Nc2ccc3c(c2)C(=O)N(C)CCO3)c(C)c1. The molecule has 0 fully saturated rings. The molecular weight excluding hydrogens is 382 g/mol. The van der Waals surface area contributed by atoms with E-state index in [2.05, 4.69) is 10.0 Å². The molecule has 0 aliphatic carbocycles. The lowest BCUT2D eigenvalue weighted by molar-refractivity contribution is -0.114. The number of nitrogens with zero attached hydrogens (tertiary/aromatic N) is 1. The molecule has 2 amide bonds. The Bertz CT molecular complexity index is 1050. The van der Waals surface area contributed by atoms with E-state index in [-0.39, 0.29) is 22.4 Å². The summed E-state index contributed by atoms with van der Waals surface area (Å²) >= 11 is 0. The van der Waals surface area contributed by atoms with Crippen LogP contribution >= 0.6 is 0 Å². The van der Waals surface area contributed by atoms with Crippen LogP contribution in [-0.2, 0) is 14.8 Å². The van der Waals surface area contributed by atoms with Crippen LogP contribution in [0.1, 0.15) is 22.8 Å². The van der Waals surface area contributed by atoms with Gasteiger partial charge in [0.2, 0.25) is 5.91 Å². The number of hydrogen-bond donors (Lipinski definition) is 2. The maximum atomic E-state index is 12.8. The summed E-state index contributed by atoms with van der Waals surface area (Å²) in [6.45, 7) is 3.85. The summed E-state index contributed by atoms with van der Waals surface area (Å²) in [7, 11) is -2.22. The summed E-state index contributed by atoms with van der Waals surface area (Å²) in [5, 5.41) is 2.61. The van der Waals surface area contributed by atoms with E-state index in [9.17, 15) is 18.0 Å². The molecule has 0 spiro atoms. The molecule has 0 atom stereocenters. The highest BCUT2D eigenvalue weighted by atomic mass is 32.2. The second kappa shape index (κ2) is 7.51. The zero-order chi connectivity index (χ0) is 20.5. The van der Waals surface area contributed by atoms with E-state index in [0.29, 0.717) is 35.7 Å². The third-order valence-electron chi connectivity index (χ3n) is 4.28. The first-order valence-corrected chi connectivity index (χ1v) is 10.1. The Hall–Kier alpha value is -3.07. The van der Waals surface area contributed by atoms with Crippen LogP contribution in [0.4, 0.5) is 11.4 Å². The molecule has 0 radical (unpaired) electrons. The monoisotopic (exact) mass is 403 g/mol. The molecule has 28 heavy (non-hydrogen) atoms. The number of likely N-dealkylation sites (N-methyl/N-ethyl adjacent to an activating group) is 1. The van der Waals surface area contributed by atoms with Gasteiger partial charge in [-0.2, -0.15) is 0 Å². The molecule has 0 unspecified atom stereocenters. The van der Waals surface area contributed by atoms with Gasteiger partial charge in [0.1, 0.15) is 12.4 Å². The fourth-order valence-corrected chi connectivity index (χ4v) is 4.21. The number of amides is 2. The Balaban J connectivity index is 1.90. The van der Waals surface area contributed by atoms with Crippen LogP contribution in [0.3, 0.4) is 0 Å². The van der Waals surface area contributed by atoms with E-state index in [1.54, 1.807) is 32.2 Å². The van der Waals surface area contributed by atoms with Gasteiger partial charge in [0.15, 0.2) is 0 Å². The molecule has 8 nitrogen and oxygen atoms in total. The molecule has 0 saturated carbocycles. The first-order valence-electron chi connectivity index (χ1n) is 8.61. The van der Waals surface area contributed by atoms with Gasteiger partial charge in [-0.15, -0.1) is 0 Å². The van der Waals surface area contributed by atoms with Crippen LogP contribution in [0.5, 0.6) is 5.75 Å². The number of ether oxygens (including phenoxy) is 1. The fourth-order valence-electron chi connectivity index (χ4n) is 2.93. The molecule has 0 saturated heterocycles. The van der Waals surface area contributed by atoms with Crippen molar-refractivity contribution in [2.45, 2.75) is 18.7 Å². The molecule has 1 aliphatic rings. The Kier molecular flexibility index (Phi) is 5.28. The van der Waals surface area contributed by atoms with Gasteiger partial charge in [-0.1, -0.05) is 0 Å². The van der Waals surface area contributed by atoms with E-state index < -0.39 is 10.0 Å². The Morgan fingerprint density at radius 2 is 1.86 bits per heavy atom. The molecular formula is C19H21N3O5S. The maximum Gasteiger partial charge on any atom is 0.262 e. The molecule has 1 aliphatic heterocycles. The summed E-state index contributed by atoms with van der Waals surface area (Å²) in [5.41, 5.74) is 1.56. The Labute approximate surface area is 163 Å². The Morgan fingerprint density at radius 3 is 2.54 bits per heavy atom. The molecule has 0 aromatic heterocycles. The van der Waals surface area contributed by atoms with E-state index in [0.717, 1.165) is 0 Å². The summed E-state index contributed by atoms with van der Waals surface area (Å²) in [4.78, 5) is 25.2. The number of anilines is 2. The van der Waals surface area contributed by atoms with Gasteiger partial charge in [0.05, 0.1) is 17.0 Å². The van der Waals surface area contributed by atoms with Crippen LogP contribution in [0.25, 0.3) is 0 Å². The van der Waals surface area contributed by atoms with Crippen molar-refractivity contribution in [3.8, 4) is 5.75 Å². The number of nitrogens with one attached hydrogen (secondary N) is 2. The fraction of sp³-hybridized carbons (Fsp3) is 0.263. The van der Waals surface area contributed by atoms with Crippen molar-refractivity contribution in [3.05, 3.63) is 47.5 Å². The summed E-state index contributed by atoms with van der Waals surface area (Å²) in [6, 6.07) is 9.13. The van der Waals surface area contributed by atoms with Gasteiger partial charge in [-0.3, -0.25) is 14.3 Å². The second-order valence-corrected chi connectivity index (χ2v) is 8.20. The van der Waals surface area contributed by atoms with Crippen LogP contribution < -0.4 is 14.8 Å². The number of fused-ring (bicyclic) bond motifs is 1. The smallest absolute Gasteiger partial charge is 0.262 e. The predicted octanol–water partition coefficient (Wildman–Crippen LogP) is 2.22. The van der Waals surface area contributed by atoms with E-state index >= 15 is 0 Å². The Morgan fingerprint density at radius 1 is 1.14 bits per heavy atom. The lowest BCUT2D eigenvalue weighted by atomic mass is 10.1. The normalized spacial score (nSPS) is 14.0. The van der Waals surface area contributed by atoms with Gasteiger partial charge >= 0.3 is 0 Å². The van der Waals surface area contributed by atoms with Crippen LogP contribution in [-0.4, -0.2) is 45.3 Å². The summed E-state index contributed by atoms with van der Waals surface area (Å²) in [5.74, 6) is -0.0486. The van der Waals surface area contributed by atoms with Crippen molar-refractivity contribution >= 4 is 33.2 Å². The average molecular weight is 403 g/mol. The lowest BCUT2D eigenvalue weighted by Crippen LogP contribution is -2.27. The van der Waals surface area contributed by atoms with Crippen molar-refractivity contribution in [1.29, 1.82) is 0 Å². The minimum Gasteiger partial charge on any atom is -0.491 e. The van der Waals surface area contributed by atoms with Crippen molar-refractivity contribution in [1.82, 2.24) is 4.90 Å². The first kappa shape index (κ1) is 19.7. The highest BCUT2D eigenvalue weighted by Gasteiger charge is 2.23. The topological polar surface area (TPSA) is 105 Å². The zero-order valence-electron chi connectivity index (χ0n) is 15.8. The van der Waals surface area contributed by atoms with Crippen molar-refractivity contribution in [2.24, 2.45) is 0 Å². The van der Waals surface area contributed by atoms with Gasteiger partial charge in [-0.25, -0.2) is 8.42 Å². The highest BCUT2D eigenvalue weighted by Crippen LogP contribution is 2.28. The zero-order valence-corrected chi connectivity index (χ0v) is 16.6. The van der Waals surface area contributed by atoms with Gasteiger partial charge in [0.25, 0.3) is 15.9 Å². The average Bonchev–Trinajstić information content (AvgIpc) is 2.73. The number of rotatable bonds is 4. The molecule has 2 aromatic rings. The molecule has 2 aromatic carbocycles. The van der Waals surface area contributed by atoms with Crippen molar-refractivity contribution in [2.75, 3.05) is 30.2 Å². The van der Waals surface area contributed by atoms with E-state index in [1.807, 2.05) is 0 Å². The third-order valence-corrected chi connectivity index (χ3v) is 5.82. The molecule has 148 valence electrons. The standard InChI is InChI=1S/C19H21N3O5S/c1-12-10-14(20-13(2)23)5-7-18(12)28(25,26)21-15-4-6-17-16(11-15)19(24)22(3)8-9-27-17/h4-7,10-11,21H,8-9H2,1-3H3,(H,20,23). The lowest BCUT2D eigenvalue weighted by Gasteiger charge is -2.15. The second-order valence-electron chi connectivity index (χ2n) is 6.55. The summed E-state index contributed by atoms with van der Waals surface area (Å²) in [6.07, 6.45) is 0. The number of benzene rings is 2. The minimum atomic E-state index is -3.88. The number of hydrogen-bond acceptors (Lipinski definition) is 5. The quantitative estimate of drug-likeness (QED) is 0.814. The number of sulfonamides is 1. The minimum absolute atomic E-state index is 0.0799. The first-order chi connectivity index (χ1) is 13.2. The van der Waals surface area contributed by atoms with Crippen LogP contribution in [0.2, 0.25) is 0 Å². The van der Waals surface area contributed by atoms with Crippen molar-refractivity contribution in [3.63, 3.8) is 0 Å². The summed E-state index contributed by atoms with van der Waals surface area (Å²) < 4.78 is 33.7. The van der Waals surface area contributed by atoms with E-state index in [4.69, 9.17) is 4.74 Å². The largest absolute Gasteiger partial charge is 0.491 e. The maximum absolute atomic E-state index is 12.8. The van der Waals surface area contributed by atoms with Crippen molar-refractivity contribution < 1.29 is 22.7 Å². The third kappa shape index (κ3) is 4.09. The molecule has 1 heterocycles. The highest BCUT2D eigenvalue weighted by molar-refractivity contribution is 7.92. The van der Waals surface area contributed by atoms with Gasteiger partial charge in [0, 0.05) is 25.3 Å². The molecule has 3 rings (SSSR count). The predicted molar refractivity (Wildman–Crippen MR) is 105 cm³/mol. The molecule has 9 heteroatoms. The number of aryl methyl sites for hydroxylation is 1. The van der Waals surface area contributed by atoms with Crippen LogP contribution in [0, 0.1) is 6.92 Å². The van der Waals surface area contributed by atoms with Gasteiger partial charge in [-0.05, 0) is 48.9 Å². The molecule has 0 bridgehead atoms. The molecule has 2 N–H and O–H groups in total. The number of carbonyl (C=O) groups excluding carboxylic acids is 2. The van der Waals surface area contributed by atoms with E-state index in [1.165, 1.54) is 30.0 Å². The van der Waals surface area contributed by atoms with Gasteiger partial charge < -0.3 is 15.0 Å².